The van der Waals surface area contributed by atoms with Crippen LogP contribution in [0, 0.1) is 5.82 Å². The van der Waals surface area contributed by atoms with Gasteiger partial charge in [-0.25, -0.2) is 9.37 Å². The lowest BCUT2D eigenvalue weighted by molar-refractivity contribution is 0.116. The number of ether oxygens (including phenoxy) is 1. The van der Waals surface area contributed by atoms with Crippen molar-refractivity contribution in [1.29, 1.82) is 0 Å². The number of rotatable bonds is 4. The average Bonchev–Trinajstić information content (AvgIpc) is 2.97. The maximum absolute atomic E-state index is 13.6. The van der Waals surface area contributed by atoms with Crippen LogP contribution in [0.3, 0.4) is 0 Å². The molecular formula is C15H22FN3O3S. The molecule has 3 rings (SSSR count). The fourth-order valence-corrected chi connectivity index (χ4v) is 5.16. The van der Waals surface area contributed by atoms with Gasteiger partial charge in [0.2, 0.25) is 0 Å². The Hall–Kier alpha value is -1.25. The lowest BCUT2D eigenvalue weighted by atomic mass is 10.1. The molecule has 0 bridgehead atoms. The van der Waals surface area contributed by atoms with Crippen LogP contribution < -0.4 is 4.74 Å². The van der Waals surface area contributed by atoms with E-state index in [1.807, 2.05) is 6.92 Å². The fraction of sp³-hybridized carbons (Fsp3) is 0.667. The van der Waals surface area contributed by atoms with E-state index in [9.17, 15) is 12.8 Å². The van der Waals surface area contributed by atoms with Crippen LogP contribution in [0.5, 0.6) is 5.88 Å². The van der Waals surface area contributed by atoms with Crippen molar-refractivity contribution in [2.45, 2.75) is 44.8 Å². The van der Waals surface area contributed by atoms with E-state index in [2.05, 4.69) is 4.98 Å². The van der Waals surface area contributed by atoms with Crippen molar-refractivity contribution in [2.75, 3.05) is 19.6 Å². The van der Waals surface area contributed by atoms with E-state index in [4.69, 9.17) is 4.74 Å². The summed E-state index contributed by atoms with van der Waals surface area (Å²) in [6.45, 7) is 3.23. The number of nitrogens with zero attached hydrogens (tertiary/aromatic N) is 3. The maximum atomic E-state index is 13.6. The standard InChI is InChI=1S/C15H22FN3O3S/c1-12-5-3-10-19(12)23(20,21)18-9-4-6-13(11-18)22-15-14(16)7-2-8-17-15/h2,7-8,12-13H,3-6,9-11H2,1H3. The molecule has 128 valence electrons. The summed E-state index contributed by atoms with van der Waals surface area (Å²) < 4.78 is 47.8. The Balaban J connectivity index is 1.70. The van der Waals surface area contributed by atoms with E-state index >= 15 is 0 Å². The van der Waals surface area contributed by atoms with Gasteiger partial charge in [0.25, 0.3) is 16.1 Å². The first-order valence-corrected chi connectivity index (χ1v) is 9.42. The first kappa shape index (κ1) is 16.6. The minimum atomic E-state index is -3.47. The SMILES string of the molecule is CC1CCCN1S(=O)(=O)N1CCCC(Oc2ncccc2F)C1. The van der Waals surface area contributed by atoms with Crippen molar-refractivity contribution < 1.29 is 17.5 Å². The fourth-order valence-electron chi connectivity index (χ4n) is 3.22. The van der Waals surface area contributed by atoms with Crippen LogP contribution in [-0.2, 0) is 10.2 Å². The molecular weight excluding hydrogens is 321 g/mol. The van der Waals surface area contributed by atoms with Gasteiger partial charge in [-0.05, 0) is 44.7 Å². The quantitative estimate of drug-likeness (QED) is 0.836. The second-order valence-electron chi connectivity index (χ2n) is 6.14. The molecule has 2 saturated heterocycles. The van der Waals surface area contributed by atoms with Crippen LogP contribution in [0.2, 0.25) is 0 Å². The Morgan fingerprint density at radius 3 is 2.78 bits per heavy atom. The molecule has 0 aliphatic carbocycles. The highest BCUT2D eigenvalue weighted by atomic mass is 32.2. The van der Waals surface area contributed by atoms with Gasteiger partial charge in [0, 0.05) is 25.3 Å². The molecule has 2 aliphatic heterocycles. The summed E-state index contributed by atoms with van der Waals surface area (Å²) in [5.41, 5.74) is 0. The van der Waals surface area contributed by atoms with Crippen LogP contribution in [0.4, 0.5) is 4.39 Å². The molecule has 23 heavy (non-hydrogen) atoms. The molecule has 0 N–H and O–H groups in total. The van der Waals surface area contributed by atoms with Crippen molar-refractivity contribution in [3.8, 4) is 5.88 Å². The summed E-state index contributed by atoms with van der Waals surface area (Å²) in [6.07, 6.45) is 4.26. The highest BCUT2D eigenvalue weighted by molar-refractivity contribution is 7.86. The zero-order chi connectivity index (χ0) is 16.4. The third-order valence-electron chi connectivity index (χ3n) is 4.46. The molecule has 1 aromatic rings. The summed E-state index contributed by atoms with van der Waals surface area (Å²) in [5.74, 6) is -0.591. The summed E-state index contributed by atoms with van der Waals surface area (Å²) >= 11 is 0. The predicted molar refractivity (Wildman–Crippen MR) is 83.7 cm³/mol. The van der Waals surface area contributed by atoms with Gasteiger partial charge in [-0.3, -0.25) is 0 Å². The zero-order valence-electron chi connectivity index (χ0n) is 13.2. The number of halogens is 1. The number of hydrogen-bond donors (Lipinski definition) is 0. The maximum Gasteiger partial charge on any atom is 0.282 e. The molecule has 2 fully saturated rings. The van der Waals surface area contributed by atoms with Crippen molar-refractivity contribution in [3.05, 3.63) is 24.1 Å². The van der Waals surface area contributed by atoms with Crippen molar-refractivity contribution in [3.63, 3.8) is 0 Å². The molecule has 6 nitrogen and oxygen atoms in total. The average molecular weight is 343 g/mol. The van der Waals surface area contributed by atoms with Gasteiger partial charge in [-0.15, -0.1) is 0 Å². The van der Waals surface area contributed by atoms with E-state index in [1.54, 1.807) is 4.31 Å². The Labute approximate surface area is 136 Å². The molecule has 3 heterocycles. The van der Waals surface area contributed by atoms with Crippen LogP contribution >= 0.6 is 0 Å². The molecule has 2 atom stereocenters. The van der Waals surface area contributed by atoms with Crippen molar-refractivity contribution >= 4 is 10.2 Å². The Kier molecular flexibility index (Phi) is 4.84. The van der Waals surface area contributed by atoms with Crippen LogP contribution in [-0.4, -0.2) is 53.8 Å². The molecule has 0 aromatic carbocycles. The van der Waals surface area contributed by atoms with E-state index in [1.165, 1.54) is 22.6 Å². The number of hydrogen-bond acceptors (Lipinski definition) is 4. The topological polar surface area (TPSA) is 62.7 Å². The second kappa shape index (κ2) is 6.70. The van der Waals surface area contributed by atoms with Crippen LogP contribution in [0.1, 0.15) is 32.6 Å². The minimum Gasteiger partial charge on any atom is -0.471 e. The largest absolute Gasteiger partial charge is 0.471 e. The molecule has 8 heteroatoms. The monoisotopic (exact) mass is 343 g/mol. The zero-order valence-corrected chi connectivity index (χ0v) is 14.0. The van der Waals surface area contributed by atoms with Gasteiger partial charge in [0.1, 0.15) is 6.10 Å². The van der Waals surface area contributed by atoms with Crippen molar-refractivity contribution in [2.24, 2.45) is 0 Å². The van der Waals surface area contributed by atoms with E-state index in [0.29, 0.717) is 25.9 Å². The molecule has 1 aromatic heterocycles. The van der Waals surface area contributed by atoms with Gasteiger partial charge < -0.3 is 4.74 Å². The summed E-state index contributed by atoms with van der Waals surface area (Å²) in [7, 11) is -3.47. The third-order valence-corrected chi connectivity index (χ3v) is 6.58. The third kappa shape index (κ3) is 3.49. The molecule has 0 amide bonds. The first-order valence-electron chi connectivity index (χ1n) is 8.02. The second-order valence-corrected chi connectivity index (χ2v) is 8.02. The van der Waals surface area contributed by atoms with Gasteiger partial charge in [0.05, 0.1) is 6.54 Å². The summed E-state index contributed by atoms with van der Waals surface area (Å²) in [5, 5.41) is 0. The van der Waals surface area contributed by atoms with Gasteiger partial charge in [-0.1, -0.05) is 0 Å². The number of piperidine rings is 1. The molecule has 0 spiro atoms. The Morgan fingerprint density at radius 1 is 1.30 bits per heavy atom. The normalized spacial score (nSPS) is 27.2. The molecule has 2 unspecified atom stereocenters. The summed E-state index contributed by atoms with van der Waals surface area (Å²) in [4.78, 5) is 3.87. The van der Waals surface area contributed by atoms with Gasteiger partial charge >= 0.3 is 0 Å². The Morgan fingerprint density at radius 2 is 2.09 bits per heavy atom. The van der Waals surface area contributed by atoms with Crippen LogP contribution in [0.15, 0.2) is 18.3 Å². The minimum absolute atomic E-state index is 0.0366. The molecule has 0 saturated carbocycles. The highest BCUT2D eigenvalue weighted by Crippen LogP contribution is 2.26. The number of pyridine rings is 1. The molecule has 0 radical (unpaired) electrons. The lowest BCUT2D eigenvalue weighted by Crippen LogP contribution is -2.51. The summed E-state index contributed by atoms with van der Waals surface area (Å²) in [6, 6.07) is 2.81. The molecule has 2 aliphatic rings. The Bertz CT molecular complexity index is 655. The lowest BCUT2D eigenvalue weighted by Gasteiger charge is -2.35. The highest BCUT2D eigenvalue weighted by Gasteiger charge is 2.38. The van der Waals surface area contributed by atoms with Crippen LogP contribution in [0.25, 0.3) is 0 Å². The van der Waals surface area contributed by atoms with Crippen molar-refractivity contribution in [1.82, 2.24) is 13.6 Å². The van der Waals surface area contributed by atoms with Gasteiger partial charge in [-0.2, -0.15) is 17.0 Å². The predicted octanol–water partition coefficient (Wildman–Crippen LogP) is 1.79. The number of aromatic nitrogens is 1. The van der Waals surface area contributed by atoms with Gasteiger partial charge in [0.15, 0.2) is 5.82 Å². The van der Waals surface area contributed by atoms with E-state index < -0.39 is 16.0 Å². The van der Waals surface area contributed by atoms with E-state index in [0.717, 1.165) is 12.8 Å². The first-order chi connectivity index (χ1) is 11.0. The van der Waals surface area contributed by atoms with E-state index in [-0.39, 0.29) is 24.6 Å². The smallest absolute Gasteiger partial charge is 0.282 e.